The minimum absolute atomic E-state index is 0.0557. The first-order chi connectivity index (χ1) is 7.02. The van der Waals surface area contributed by atoms with Gasteiger partial charge in [0.1, 0.15) is 0 Å². The van der Waals surface area contributed by atoms with Crippen LogP contribution in [0.2, 0.25) is 0 Å². The summed E-state index contributed by atoms with van der Waals surface area (Å²) in [6.45, 7) is 7.59. The van der Waals surface area contributed by atoms with Gasteiger partial charge in [0.15, 0.2) is 0 Å². The molecule has 0 saturated heterocycles. The molecule has 0 aromatic rings. The van der Waals surface area contributed by atoms with Crippen LogP contribution in [0.25, 0.3) is 0 Å². The average molecular weight is 216 g/mol. The summed E-state index contributed by atoms with van der Waals surface area (Å²) < 4.78 is 0. The van der Waals surface area contributed by atoms with Gasteiger partial charge in [-0.2, -0.15) is 0 Å². The maximum Gasteiger partial charge on any atom is 0.221 e. The lowest BCUT2D eigenvalue weighted by molar-refractivity contribution is -0.120. The molecular formula is C11H24N2O2. The van der Waals surface area contributed by atoms with Gasteiger partial charge in [-0.3, -0.25) is 4.79 Å². The molecule has 0 fully saturated rings. The Kier molecular flexibility index (Phi) is 7.34. The van der Waals surface area contributed by atoms with E-state index >= 15 is 0 Å². The van der Waals surface area contributed by atoms with Crippen LogP contribution in [0.4, 0.5) is 0 Å². The Morgan fingerprint density at radius 1 is 1.40 bits per heavy atom. The van der Waals surface area contributed by atoms with E-state index < -0.39 is 5.60 Å². The fourth-order valence-electron chi connectivity index (χ4n) is 1.47. The van der Waals surface area contributed by atoms with Gasteiger partial charge in [-0.05, 0) is 20.3 Å². The summed E-state index contributed by atoms with van der Waals surface area (Å²) >= 11 is 0. The third-order valence-electron chi connectivity index (χ3n) is 2.20. The summed E-state index contributed by atoms with van der Waals surface area (Å²) in [5.74, 6) is 0.0557. The second kappa shape index (κ2) is 7.65. The van der Waals surface area contributed by atoms with Gasteiger partial charge in [0.05, 0.1) is 5.60 Å². The van der Waals surface area contributed by atoms with Crippen molar-refractivity contribution in [1.82, 2.24) is 10.6 Å². The Balaban J connectivity index is 3.49. The van der Waals surface area contributed by atoms with Crippen LogP contribution in [0.15, 0.2) is 0 Å². The molecule has 0 aliphatic heterocycles. The van der Waals surface area contributed by atoms with Gasteiger partial charge in [0.25, 0.3) is 0 Å². The molecule has 4 nitrogen and oxygen atoms in total. The van der Waals surface area contributed by atoms with E-state index in [-0.39, 0.29) is 5.91 Å². The molecule has 0 aliphatic carbocycles. The molecule has 0 bridgehead atoms. The smallest absolute Gasteiger partial charge is 0.221 e. The van der Waals surface area contributed by atoms with Crippen LogP contribution in [0, 0.1) is 0 Å². The van der Waals surface area contributed by atoms with E-state index in [4.69, 9.17) is 0 Å². The highest BCUT2D eigenvalue weighted by Gasteiger charge is 2.17. The Hall–Kier alpha value is -0.610. The van der Waals surface area contributed by atoms with Crippen LogP contribution in [0.5, 0.6) is 0 Å². The lowest BCUT2D eigenvalue weighted by atomic mass is 10.0. The van der Waals surface area contributed by atoms with Crippen LogP contribution in [-0.2, 0) is 4.79 Å². The van der Waals surface area contributed by atoms with Crippen molar-refractivity contribution in [3.05, 3.63) is 0 Å². The number of carbonyl (C=O) groups is 1. The number of amides is 1. The van der Waals surface area contributed by atoms with Gasteiger partial charge in [0, 0.05) is 26.1 Å². The molecule has 0 aromatic carbocycles. The summed E-state index contributed by atoms with van der Waals surface area (Å²) in [5, 5.41) is 15.6. The minimum atomic E-state index is -0.657. The standard InChI is InChI=1S/C11H24N2O2/c1-4-7-11(3,15)9-12-8-6-10(14)13-5-2/h12,15H,4-9H2,1-3H3,(H,13,14). The van der Waals surface area contributed by atoms with Gasteiger partial charge in [-0.25, -0.2) is 0 Å². The maximum absolute atomic E-state index is 11.1. The third kappa shape index (κ3) is 8.39. The third-order valence-corrected chi connectivity index (χ3v) is 2.20. The Labute approximate surface area is 92.4 Å². The van der Waals surface area contributed by atoms with E-state index in [9.17, 15) is 9.90 Å². The molecule has 90 valence electrons. The number of nitrogens with one attached hydrogen (secondary N) is 2. The minimum Gasteiger partial charge on any atom is -0.389 e. The van der Waals surface area contributed by atoms with E-state index in [1.54, 1.807) is 0 Å². The van der Waals surface area contributed by atoms with E-state index in [1.165, 1.54) is 0 Å². The molecule has 0 rings (SSSR count). The van der Waals surface area contributed by atoms with Crippen LogP contribution in [0.1, 0.15) is 40.0 Å². The zero-order valence-electron chi connectivity index (χ0n) is 10.1. The van der Waals surface area contributed by atoms with Crippen molar-refractivity contribution in [3.63, 3.8) is 0 Å². The van der Waals surface area contributed by atoms with Crippen LogP contribution in [-0.4, -0.2) is 36.2 Å². The summed E-state index contributed by atoms with van der Waals surface area (Å²) in [4.78, 5) is 11.1. The lowest BCUT2D eigenvalue weighted by Crippen LogP contribution is -2.39. The van der Waals surface area contributed by atoms with Gasteiger partial charge < -0.3 is 15.7 Å². The predicted molar refractivity (Wildman–Crippen MR) is 61.7 cm³/mol. The first kappa shape index (κ1) is 14.4. The highest BCUT2D eigenvalue weighted by atomic mass is 16.3. The second-order valence-corrected chi connectivity index (χ2v) is 4.13. The largest absolute Gasteiger partial charge is 0.389 e. The number of aliphatic hydroxyl groups is 1. The summed E-state index contributed by atoms with van der Waals surface area (Å²) in [5.41, 5.74) is -0.657. The molecule has 0 spiro atoms. The highest BCUT2D eigenvalue weighted by Crippen LogP contribution is 2.09. The Bertz CT molecular complexity index is 181. The molecule has 3 N–H and O–H groups in total. The number of hydrogen-bond acceptors (Lipinski definition) is 3. The zero-order chi connectivity index (χ0) is 11.7. The van der Waals surface area contributed by atoms with Crippen LogP contribution in [0.3, 0.4) is 0 Å². The number of rotatable bonds is 8. The van der Waals surface area contributed by atoms with Gasteiger partial charge >= 0.3 is 0 Å². The van der Waals surface area contributed by atoms with Crippen LogP contribution < -0.4 is 10.6 Å². The average Bonchev–Trinajstić information content (AvgIpc) is 2.13. The summed E-state index contributed by atoms with van der Waals surface area (Å²) in [7, 11) is 0. The zero-order valence-corrected chi connectivity index (χ0v) is 10.1. The second-order valence-electron chi connectivity index (χ2n) is 4.13. The maximum atomic E-state index is 11.1. The predicted octanol–water partition coefficient (Wildman–Crippen LogP) is 0.653. The molecule has 0 saturated carbocycles. The van der Waals surface area contributed by atoms with Crippen molar-refractivity contribution in [1.29, 1.82) is 0 Å². The van der Waals surface area contributed by atoms with E-state index in [0.29, 0.717) is 26.1 Å². The lowest BCUT2D eigenvalue weighted by Gasteiger charge is -2.22. The van der Waals surface area contributed by atoms with E-state index in [2.05, 4.69) is 10.6 Å². The van der Waals surface area contributed by atoms with Crippen molar-refractivity contribution in [2.75, 3.05) is 19.6 Å². The molecule has 15 heavy (non-hydrogen) atoms. The monoisotopic (exact) mass is 216 g/mol. The van der Waals surface area contributed by atoms with Crippen molar-refractivity contribution in [2.45, 2.75) is 45.6 Å². The normalized spacial score (nSPS) is 14.7. The molecule has 1 unspecified atom stereocenters. The molecule has 1 atom stereocenters. The van der Waals surface area contributed by atoms with Crippen molar-refractivity contribution in [3.8, 4) is 0 Å². The summed E-state index contributed by atoms with van der Waals surface area (Å²) in [6, 6.07) is 0. The van der Waals surface area contributed by atoms with Gasteiger partial charge in [0.2, 0.25) is 5.91 Å². The Morgan fingerprint density at radius 2 is 2.07 bits per heavy atom. The Morgan fingerprint density at radius 3 is 2.60 bits per heavy atom. The molecule has 0 heterocycles. The molecular weight excluding hydrogens is 192 g/mol. The first-order valence-electron chi connectivity index (χ1n) is 5.71. The highest BCUT2D eigenvalue weighted by molar-refractivity contribution is 5.75. The van der Waals surface area contributed by atoms with Crippen molar-refractivity contribution in [2.24, 2.45) is 0 Å². The van der Waals surface area contributed by atoms with Crippen molar-refractivity contribution < 1.29 is 9.90 Å². The number of carbonyl (C=O) groups excluding carboxylic acids is 1. The molecule has 1 amide bonds. The van der Waals surface area contributed by atoms with Gasteiger partial charge in [-0.15, -0.1) is 0 Å². The van der Waals surface area contributed by atoms with E-state index in [0.717, 1.165) is 12.8 Å². The molecule has 4 heteroatoms. The van der Waals surface area contributed by atoms with Crippen molar-refractivity contribution >= 4 is 5.91 Å². The molecule has 0 radical (unpaired) electrons. The molecule has 0 aromatic heterocycles. The fraction of sp³-hybridized carbons (Fsp3) is 0.909. The van der Waals surface area contributed by atoms with Gasteiger partial charge in [-0.1, -0.05) is 13.3 Å². The first-order valence-corrected chi connectivity index (χ1v) is 5.71. The summed E-state index contributed by atoms with van der Waals surface area (Å²) in [6.07, 6.45) is 2.21. The SMILES string of the molecule is CCCC(C)(O)CNCCC(=O)NCC. The topological polar surface area (TPSA) is 61.4 Å². The van der Waals surface area contributed by atoms with E-state index in [1.807, 2.05) is 20.8 Å². The molecule has 0 aliphatic rings. The fourth-order valence-corrected chi connectivity index (χ4v) is 1.47. The number of hydrogen-bond donors (Lipinski definition) is 3. The quantitative estimate of drug-likeness (QED) is 0.522. The van der Waals surface area contributed by atoms with Crippen LogP contribution >= 0.6 is 0 Å².